The minimum absolute atomic E-state index is 0.149. The van der Waals surface area contributed by atoms with Crippen molar-refractivity contribution in [3.8, 4) is 0 Å². The fourth-order valence-electron chi connectivity index (χ4n) is 2.00. The fraction of sp³-hybridized carbons (Fsp3) is 0.429. The molecule has 90 valence electrons. The van der Waals surface area contributed by atoms with Crippen LogP contribution in [0, 0.1) is 0 Å². The van der Waals surface area contributed by atoms with Crippen LogP contribution in [0.3, 0.4) is 0 Å². The Morgan fingerprint density at radius 1 is 1.35 bits per heavy atom. The highest BCUT2D eigenvalue weighted by Crippen LogP contribution is 2.18. The number of esters is 1. The third kappa shape index (κ3) is 2.54. The lowest BCUT2D eigenvalue weighted by atomic mass is 9.99. The van der Waals surface area contributed by atoms with E-state index in [0.717, 1.165) is 24.8 Å². The van der Waals surface area contributed by atoms with Gasteiger partial charge in [-0.05, 0) is 30.0 Å². The smallest absolute Gasteiger partial charge is 0.334 e. The number of cyclic esters (lactones) is 1. The van der Waals surface area contributed by atoms with Crippen LogP contribution in [0.25, 0.3) is 0 Å². The van der Waals surface area contributed by atoms with Gasteiger partial charge in [-0.15, -0.1) is 0 Å². The first kappa shape index (κ1) is 11.8. The molecule has 1 aliphatic heterocycles. The number of ether oxygens (including phenoxy) is 1. The topological polar surface area (TPSA) is 38.7 Å². The van der Waals surface area contributed by atoms with E-state index in [0.29, 0.717) is 5.90 Å². The van der Waals surface area contributed by atoms with Crippen molar-refractivity contribution in [1.29, 1.82) is 0 Å². The summed E-state index contributed by atoms with van der Waals surface area (Å²) in [6.45, 7) is 4.43. The molecule has 0 fully saturated rings. The predicted octanol–water partition coefficient (Wildman–Crippen LogP) is 2.50. The Morgan fingerprint density at radius 3 is 2.76 bits per heavy atom. The SMILES string of the molecule is CCCc1cc(CC)ccc1C1=NCC(=O)O1. The molecule has 0 amide bonds. The number of rotatable bonds is 4. The predicted molar refractivity (Wildman–Crippen MR) is 67.3 cm³/mol. The van der Waals surface area contributed by atoms with E-state index in [1.165, 1.54) is 11.1 Å². The van der Waals surface area contributed by atoms with E-state index in [9.17, 15) is 4.79 Å². The first-order valence-electron chi connectivity index (χ1n) is 6.12. The summed E-state index contributed by atoms with van der Waals surface area (Å²) in [7, 11) is 0. The summed E-state index contributed by atoms with van der Waals surface area (Å²) in [6.07, 6.45) is 3.07. The molecule has 0 radical (unpaired) electrons. The molecule has 1 aliphatic rings. The molecule has 1 aromatic carbocycles. The average molecular weight is 231 g/mol. The summed E-state index contributed by atoms with van der Waals surface area (Å²) in [5.74, 6) is 0.225. The standard InChI is InChI=1S/C14H17NO2/c1-3-5-11-8-10(4-2)6-7-12(11)14-15-9-13(16)17-14/h6-8H,3-5,9H2,1-2H3. The van der Waals surface area contributed by atoms with Crippen LogP contribution in [-0.2, 0) is 22.4 Å². The van der Waals surface area contributed by atoms with Crippen molar-refractivity contribution in [1.82, 2.24) is 0 Å². The first-order valence-corrected chi connectivity index (χ1v) is 6.12. The minimum atomic E-state index is -0.262. The molecule has 1 aromatic rings. The van der Waals surface area contributed by atoms with Gasteiger partial charge in [-0.25, -0.2) is 9.79 Å². The van der Waals surface area contributed by atoms with E-state index in [1.54, 1.807) is 0 Å². The molecule has 0 saturated heterocycles. The van der Waals surface area contributed by atoms with Gasteiger partial charge >= 0.3 is 5.97 Å². The summed E-state index contributed by atoms with van der Waals surface area (Å²) < 4.78 is 5.12. The zero-order valence-electron chi connectivity index (χ0n) is 10.3. The lowest BCUT2D eigenvalue weighted by Gasteiger charge is -2.09. The van der Waals surface area contributed by atoms with Crippen molar-refractivity contribution >= 4 is 11.9 Å². The number of benzene rings is 1. The third-order valence-corrected chi connectivity index (χ3v) is 2.89. The number of hydrogen-bond acceptors (Lipinski definition) is 3. The molecule has 3 nitrogen and oxygen atoms in total. The zero-order chi connectivity index (χ0) is 12.3. The van der Waals surface area contributed by atoms with Gasteiger partial charge in [0.15, 0.2) is 0 Å². The van der Waals surface area contributed by atoms with Crippen molar-refractivity contribution in [2.45, 2.75) is 33.1 Å². The summed E-state index contributed by atoms with van der Waals surface area (Å²) in [5, 5.41) is 0. The lowest BCUT2D eigenvalue weighted by molar-refractivity contribution is -0.132. The fourth-order valence-corrected chi connectivity index (χ4v) is 2.00. The maximum Gasteiger partial charge on any atom is 0.334 e. The molecule has 0 aliphatic carbocycles. The Kier molecular flexibility index (Phi) is 3.57. The van der Waals surface area contributed by atoms with Crippen molar-refractivity contribution in [3.05, 3.63) is 34.9 Å². The number of hydrogen-bond donors (Lipinski definition) is 0. The van der Waals surface area contributed by atoms with Crippen LogP contribution in [0.15, 0.2) is 23.2 Å². The molecule has 0 N–H and O–H groups in total. The number of carbonyl (C=O) groups is 1. The maximum absolute atomic E-state index is 11.1. The second kappa shape index (κ2) is 5.13. The van der Waals surface area contributed by atoms with E-state index in [1.807, 2.05) is 6.07 Å². The Labute approximate surface area is 102 Å². The van der Waals surface area contributed by atoms with Crippen LogP contribution in [0.4, 0.5) is 0 Å². The second-order valence-corrected chi connectivity index (χ2v) is 4.19. The summed E-state index contributed by atoms with van der Waals surface area (Å²) in [6, 6.07) is 6.28. The summed E-state index contributed by atoms with van der Waals surface area (Å²) in [4.78, 5) is 15.2. The van der Waals surface area contributed by atoms with Gasteiger partial charge in [0.2, 0.25) is 5.90 Å². The largest absolute Gasteiger partial charge is 0.406 e. The van der Waals surface area contributed by atoms with Gasteiger partial charge < -0.3 is 4.74 Å². The molecule has 0 saturated carbocycles. The average Bonchev–Trinajstić information content (AvgIpc) is 2.76. The van der Waals surface area contributed by atoms with Gasteiger partial charge in [-0.2, -0.15) is 0 Å². The molecule has 2 rings (SSSR count). The normalized spacial score (nSPS) is 14.7. The zero-order valence-corrected chi connectivity index (χ0v) is 10.3. The molecule has 0 unspecified atom stereocenters. The quantitative estimate of drug-likeness (QED) is 0.747. The number of aliphatic imine (C=N–C) groups is 1. The van der Waals surface area contributed by atoms with Gasteiger partial charge in [0.05, 0.1) is 0 Å². The Balaban J connectivity index is 2.35. The van der Waals surface area contributed by atoms with Crippen molar-refractivity contribution in [3.63, 3.8) is 0 Å². The van der Waals surface area contributed by atoms with Gasteiger partial charge in [0, 0.05) is 5.56 Å². The molecule has 3 heteroatoms. The monoisotopic (exact) mass is 231 g/mol. The van der Waals surface area contributed by atoms with Crippen LogP contribution in [0.2, 0.25) is 0 Å². The van der Waals surface area contributed by atoms with Crippen molar-refractivity contribution in [2.75, 3.05) is 6.54 Å². The van der Waals surface area contributed by atoms with Crippen LogP contribution < -0.4 is 0 Å². The number of carbonyl (C=O) groups excluding carboxylic acids is 1. The highest BCUT2D eigenvalue weighted by molar-refractivity contribution is 6.05. The highest BCUT2D eigenvalue weighted by atomic mass is 16.6. The van der Waals surface area contributed by atoms with Gasteiger partial charge in [-0.1, -0.05) is 32.4 Å². The van der Waals surface area contributed by atoms with Gasteiger partial charge in [0.1, 0.15) is 6.54 Å². The van der Waals surface area contributed by atoms with Gasteiger partial charge in [0.25, 0.3) is 0 Å². The van der Waals surface area contributed by atoms with Crippen LogP contribution >= 0.6 is 0 Å². The van der Waals surface area contributed by atoms with Crippen molar-refractivity contribution < 1.29 is 9.53 Å². The molecule has 0 atom stereocenters. The van der Waals surface area contributed by atoms with Crippen LogP contribution in [0.5, 0.6) is 0 Å². The van der Waals surface area contributed by atoms with Crippen LogP contribution in [-0.4, -0.2) is 18.4 Å². The number of aryl methyl sites for hydroxylation is 2. The van der Waals surface area contributed by atoms with E-state index >= 15 is 0 Å². The molecule has 0 aromatic heterocycles. The van der Waals surface area contributed by atoms with E-state index in [4.69, 9.17) is 4.74 Å². The molecule has 0 spiro atoms. The third-order valence-electron chi connectivity index (χ3n) is 2.89. The molecular weight excluding hydrogens is 214 g/mol. The van der Waals surface area contributed by atoms with E-state index < -0.39 is 0 Å². The summed E-state index contributed by atoms with van der Waals surface area (Å²) >= 11 is 0. The first-order chi connectivity index (χ1) is 8.24. The molecule has 0 bridgehead atoms. The Bertz CT molecular complexity index is 463. The number of nitrogens with zero attached hydrogens (tertiary/aromatic N) is 1. The van der Waals surface area contributed by atoms with Gasteiger partial charge in [-0.3, -0.25) is 0 Å². The summed E-state index contributed by atoms with van der Waals surface area (Å²) in [5.41, 5.74) is 3.50. The Morgan fingerprint density at radius 2 is 2.18 bits per heavy atom. The molecule has 17 heavy (non-hydrogen) atoms. The van der Waals surface area contributed by atoms with E-state index in [2.05, 4.69) is 31.0 Å². The molecule has 1 heterocycles. The van der Waals surface area contributed by atoms with Crippen LogP contribution in [0.1, 0.15) is 37.0 Å². The lowest BCUT2D eigenvalue weighted by Crippen LogP contribution is -2.09. The maximum atomic E-state index is 11.1. The second-order valence-electron chi connectivity index (χ2n) is 4.19. The Hall–Kier alpha value is -1.64. The minimum Gasteiger partial charge on any atom is -0.406 e. The van der Waals surface area contributed by atoms with E-state index in [-0.39, 0.29) is 12.5 Å². The van der Waals surface area contributed by atoms with Crippen molar-refractivity contribution in [2.24, 2.45) is 4.99 Å². The molecular formula is C14H17NO2. The highest BCUT2D eigenvalue weighted by Gasteiger charge is 2.20.